The van der Waals surface area contributed by atoms with Crippen molar-refractivity contribution in [2.24, 2.45) is 11.3 Å². The molecule has 1 saturated heterocycles. The molecule has 0 aromatic carbocycles. The zero-order valence-corrected chi connectivity index (χ0v) is 13.9. The molecule has 1 aliphatic heterocycles. The van der Waals surface area contributed by atoms with E-state index >= 15 is 0 Å². The fourth-order valence-corrected chi connectivity index (χ4v) is 4.15. The molecule has 1 amide bonds. The highest BCUT2D eigenvalue weighted by Gasteiger charge is 2.53. The smallest absolute Gasteiger partial charge is 0.220 e. The molecule has 0 radical (unpaired) electrons. The molecule has 1 saturated carbocycles. The lowest BCUT2D eigenvalue weighted by Crippen LogP contribution is -2.64. The van der Waals surface area contributed by atoms with E-state index in [0.29, 0.717) is 24.5 Å². The van der Waals surface area contributed by atoms with Crippen molar-refractivity contribution in [3.8, 4) is 0 Å². The van der Waals surface area contributed by atoms with Crippen LogP contribution >= 0.6 is 0 Å². The van der Waals surface area contributed by atoms with Crippen LogP contribution in [-0.4, -0.2) is 37.7 Å². The van der Waals surface area contributed by atoms with E-state index in [1.165, 1.54) is 6.42 Å². The van der Waals surface area contributed by atoms with Gasteiger partial charge in [-0.25, -0.2) is 0 Å². The van der Waals surface area contributed by atoms with Crippen LogP contribution in [0.25, 0.3) is 0 Å². The predicted molar refractivity (Wildman–Crippen MR) is 85.2 cm³/mol. The molecular formula is C17H32N2O2. The molecule has 2 rings (SSSR count). The predicted octanol–water partition coefficient (Wildman–Crippen LogP) is 2.48. The first-order valence-corrected chi connectivity index (χ1v) is 8.77. The highest BCUT2D eigenvalue weighted by Crippen LogP contribution is 2.48. The third kappa shape index (κ3) is 3.59. The Morgan fingerprint density at radius 1 is 1.33 bits per heavy atom. The van der Waals surface area contributed by atoms with Crippen molar-refractivity contribution in [3.05, 3.63) is 0 Å². The molecule has 3 atom stereocenters. The van der Waals surface area contributed by atoms with Crippen LogP contribution in [0.15, 0.2) is 0 Å². The SMILES string of the molecule is CCOC1CC(NC(=O)CCC2CCNC2)C1(CC)CC. The molecule has 21 heavy (non-hydrogen) atoms. The Hall–Kier alpha value is -0.610. The molecule has 1 aliphatic carbocycles. The van der Waals surface area contributed by atoms with Crippen molar-refractivity contribution < 1.29 is 9.53 Å². The van der Waals surface area contributed by atoms with E-state index < -0.39 is 0 Å². The summed E-state index contributed by atoms with van der Waals surface area (Å²) in [7, 11) is 0. The molecule has 0 bridgehead atoms. The molecule has 2 N–H and O–H groups in total. The van der Waals surface area contributed by atoms with Crippen molar-refractivity contribution in [3.63, 3.8) is 0 Å². The largest absolute Gasteiger partial charge is 0.378 e. The molecule has 0 aromatic rings. The van der Waals surface area contributed by atoms with E-state index in [1.807, 2.05) is 0 Å². The summed E-state index contributed by atoms with van der Waals surface area (Å²) in [4.78, 5) is 12.2. The van der Waals surface area contributed by atoms with Crippen LogP contribution in [0.4, 0.5) is 0 Å². The number of ether oxygens (including phenoxy) is 1. The van der Waals surface area contributed by atoms with Crippen LogP contribution in [0, 0.1) is 11.3 Å². The van der Waals surface area contributed by atoms with Crippen LogP contribution in [0.5, 0.6) is 0 Å². The summed E-state index contributed by atoms with van der Waals surface area (Å²) in [6.45, 7) is 9.45. The molecule has 2 fully saturated rings. The quantitative estimate of drug-likeness (QED) is 0.723. The van der Waals surface area contributed by atoms with Crippen LogP contribution < -0.4 is 10.6 Å². The Bertz CT molecular complexity index is 336. The van der Waals surface area contributed by atoms with Gasteiger partial charge in [-0.05, 0) is 58.0 Å². The van der Waals surface area contributed by atoms with Gasteiger partial charge in [0.25, 0.3) is 0 Å². The summed E-state index contributed by atoms with van der Waals surface area (Å²) < 4.78 is 5.87. The van der Waals surface area contributed by atoms with Crippen molar-refractivity contribution in [1.82, 2.24) is 10.6 Å². The molecule has 0 spiro atoms. The Morgan fingerprint density at radius 2 is 2.10 bits per heavy atom. The third-order valence-corrected chi connectivity index (χ3v) is 5.75. The van der Waals surface area contributed by atoms with Gasteiger partial charge >= 0.3 is 0 Å². The minimum atomic E-state index is 0.153. The second kappa shape index (κ2) is 7.59. The van der Waals surface area contributed by atoms with E-state index in [0.717, 1.165) is 45.4 Å². The fraction of sp³-hybridized carbons (Fsp3) is 0.941. The zero-order valence-electron chi connectivity index (χ0n) is 13.9. The van der Waals surface area contributed by atoms with Gasteiger partial charge < -0.3 is 15.4 Å². The number of carbonyl (C=O) groups excluding carboxylic acids is 1. The summed E-state index contributed by atoms with van der Waals surface area (Å²) in [5.74, 6) is 0.920. The minimum Gasteiger partial charge on any atom is -0.378 e. The highest BCUT2D eigenvalue weighted by molar-refractivity contribution is 5.76. The Morgan fingerprint density at radius 3 is 2.67 bits per heavy atom. The van der Waals surface area contributed by atoms with Gasteiger partial charge in [0.15, 0.2) is 0 Å². The molecule has 1 heterocycles. The maximum absolute atomic E-state index is 12.2. The molecule has 122 valence electrons. The van der Waals surface area contributed by atoms with Gasteiger partial charge in [-0.2, -0.15) is 0 Å². The molecule has 0 aromatic heterocycles. The van der Waals surface area contributed by atoms with Gasteiger partial charge in [-0.15, -0.1) is 0 Å². The van der Waals surface area contributed by atoms with Crippen molar-refractivity contribution in [1.29, 1.82) is 0 Å². The number of nitrogens with one attached hydrogen (secondary N) is 2. The zero-order chi connectivity index (χ0) is 15.3. The number of hydrogen-bond donors (Lipinski definition) is 2. The molecular weight excluding hydrogens is 264 g/mol. The van der Waals surface area contributed by atoms with Gasteiger partial charge in [0.1, 0.15) is 0 Å². The van der Waals surface area contributed by atoms with E-state index in [9.17, 15) is 4.79 Å². The van der Waals surface area contributed by atoms with Crippen molar-refractivity contribution in [2.45, 2.75) is 71.4 Å². The van der Waals surface area contributed by atoms with Gasteiger partial charge in [0.05, 0.1) is 6.10 Å². The summed E-state index contributed by atoms with van der Waals surface area (Å²) in [5, 5.41) is 6.64. The van der Waals surface area contributed by atoms with Crippen LogP contribution in [0.1, 0.15) is 59.3 Å². The summed E-state index contributed by atoms with van der Waals surface area (Å²) >= 11 is 0. The van der Waals surface area contributed by atoms with E-state index in [4.69, 9.17) is 4.74 Å². The standard InChI is InChI=1S/C17H32N2O2/c1-4-17(5-2)14(11-15(17)21-6-3)19-16(20)8-7-13-9-10-18-12-13/h13-15,18H,4-12H2,1-3H3,(H,19,20). The second-order valence-corrected chi connectivity index (χ2v) is 6.64. The molecule has 2 aliphatic rings. The summed E-state index contributed by atoms with van der Waals surface area (Å²) in [6, 6.07) is 0.304. The normalized spacial score (nSPS) is 30.9. The van der Waals surface area contributed by atoms with Crippen LogP contribution in [0.2, 0.25) is 0 Å². The summed E-state index contributed by atoms with van der Waals surface area (Å²) in [5.41, 5.74) is 0.153. The number of amides is 1. The molecule has 3 unspecified atom stereocenters. The second-order valence-electron chi connectivity index (χ2n) is 6.64. The Labute approximate surface area is 129 Å². The fourth-order valence-electron chi connectivity index (χ4n) is 4.15. The molecule has 4 nitrogen and oxygen atoms in total. The lowest BCUT2D eigenvalue weighted by molar-refractivity contribution is -0.148. The third-order valence-electron chi connectivity index (χ3n) is 5.75. The van der Waals surface area contributed by atoms with Gasteiger partial charge in [0.2, 0.25) is 5.91 Å². The number of hydrogen-bond acceptors (Lipinski definition) is 3. The van der Waals surface area contributed by atoms with E-state index in [2.05, 4.69) is 31.4 Å². The number of rotatable bonds is 8. The molecule has 4 heteroatoms. The lowest BCUT2D eigenvalue weighted by Gasteiger charge is -2.55. The first-order chi connectivity index (χ1) is 10.2. The van der Waals surface area contributed by atoms with Crippen molar-refractivity contribution in [2.75, 3.05) is 19.7 Å². The maximum Gasteiger partial charge on any atom is 0.220 e. The summed E-state index contributed by atoms with van der Waals surface area (Å²) in [6.07, 6.45) is 6.36. The Balaban J connectivity index is 1.79. The first-order valence-electron chi connectivity index (χ1n) is 8.77. The average Bonchev–Trinajstić information content (AvgIpc) is 2.99. The first kappa shape index (κ1) is 16.8. The van der Waals surface area contributed by atoms with E-state index in [-0.39, 0.29) is 11.3 Å². The number of carbonyl (C=O) groups is 1. The van der Waals surface area contributed by atoms with Crippen molar-refractivity contribution >= 4 is 5.91 Å². The minimum absolute atomic E-state index is 0.153. The maximum atomic E-state index is 12.2. The lowest BCUT2D eigenvalue weighted by atomic mass is 9.58. The Kier molecular flexibility index (Phi) is 6.06. The van der Waals surface area contributed by atoms with E-state index in [1.54, 1.807) is 0 Å². The topological polar surface area (TPSA) is 50.4 Å². The monoisotopic (exact) mass is 296 g/mol. The van der Waals surface area contributed by atoms with Gasteiger partial charge in [0, 0.05) is 24.5 Å². The van der Waals surface area contributed by atoms with Gasteiger partial charge in [-0.1, -0.05) is 13.8 Å². The van der Waals surface area contributed by atoms with Crippen LogP contribution in [-0.2, 0) is 9.53 Å². The average molecular weight is 296 g/mol. The highest BCUT2D eigenvalue weighted by atomic mass is 16.5. The van der Waals surface area contributed by atoms with Gasteiger partial charge in [-0.3, -0.25) is 4.79 Å². The van der Waals surface area contributed by atoms with Crippen LogP contribution in [0.3, 0.4) is 0 Å².